The van der Waals surface area contributed by atoms with Gasteiger partial charge in [-0.15, -0.1) is 12.4 Å². The van der Waals surface area contributed by atoms with Gasteiger partial charge in [-0.2, -0.15) is 0 Å². The van der Waals surface area contributed by atoms with E-state index in [1.54, 1.807) is 0 Å². The second kappa shape index (κ2) is 9.88. The Bertz CT molecular complexity index is 546. The van der Waals surface area contributed by atoms with Gasteiger partial charge in [0, 0.05) is 44.5 Å². The Morgan fingerprint density at radius 3 is 2.88 bits per heavy atom. The predicted octanol–water partition coefficient (Wildman–Crippen LogP) is 2.74. The van der Waals surface area contributed by atoms with Crippen molar-refractivity contribution in [3.63, 3.8) is 0 Å². The number of rotatable bonds is 5. The molecule has 3 fully saturated rings. The fraction of sp³-hybridized carbons (Fsp3) is 0.750. The van der Waals surface area contributed by atoms with Gasteiger partial charge in [0.2, 0.25) is 0 Å². The number of aromatic nitrogens is 1. The van der Waals surface area contributed by atoms with E-state index in [1.807, 2.05) is 6.20 Å². The van der Waals surface area contributed by atoms with Crippen LogP contribution in [0.3, 0.4) is 0 Å². The Labute approximate surface area is 163 Å². The second-order valence-electron chi connectivity index (χ2n) is 7.79. The summed E-state index contributed by atoms with van der Waals surface area (Å²) in [5.74, 6) is 1.85. The lowest BCUT2D eigenvalue weighted by molar-refractivity contribution is 0.0524. The Hall–Kier alpha value is -0.880. The first kappa shape index (κ1) is 19.9. The number of hydrogen-bond acceptors (Lipinski definition) is 5. The average Bonchev–Trinajstić information content (AvgIpc) is 3.17. The summed E-state index contributed by atoms with van der Waals surface area (Å²) in [4.78, 5) is 7.04. The number of nitrogens with one attached hydrogen (secondary N) is 2. The lowest BCUT2D eigenvalue weighted by Crippen LogP contribution is -2.50. The van der Waals surface area contributed by atoms with Crippen molar-refractivity contribution in [3.8, 4) is 0 Å². The van der Waals surface area contributed by atoms with Crippen molar-refractivity contribution in [2.24, 2.45) is 5.92 Å². The molecular weight excluding hydrogens is 348 g/mol. The molecule has 1 aromatic rings. The number of anilines is 1. The van der Waals surface area contributed by atoms with E-state index in [-0.39, 0.29) is 12.4 Å². The smallest absolute Gasteiger partial charge is 0.128 e. The molecule has 0 radical (unpaired) electrons. The van der Waals surface area contributed by atoms with Gasteiger partial charge in [-0.3, -0.25) is 0 Å². The molecule has 3 aliphatic rings. The van der Waals surface area contributed by atoms with Gasteiger partial charge in [-0.05, 0) is 55.7 Å². The third-order valence-corrected chi connectivity index (χ3v) is 6.09. The molecule has 5 nitrogen and oxygen atoms in total. The van der Waals surface area contributed by atoms with Crippen LogP contribution in [0.5, 0.6) is 0 Å². The van der Waals surface area contributed by atoms with Gasteiger partial charge in [-0.1, -0.05) is 6.42 Å². The number of hydrogen-bond donors (Lipinski definition) is 2. The summed E-state index contributed by atoms with van der Waals surface area (Å²) in [5.41, 5.74) is 1.36. The zero-order chi connectivity index (χ0) is 16.9. The molecule has 4 rings (SSSR count). The highest BCUT2D eigenvalue weighted by atomic mass is 35.5. The van der Waals surface area contributed by atoms with Crippen LogP contribution in [0.15, 0.2) is 18.3 Å². The van der Waals surface area contributed by atoms with Gasteiger partial charge < -0.3 is 20.3 Å². The third-order valence-electron chi connectivity index (χ3n) is 6.09. The number of pyridine rings is 1. The number of halogens is 1. The number of nitrogens with zero attached hydrogens (tertiary/aromatic N) is 2. The van der Waals surface area contributed by atoms with Gasteiger partial charge in [0.25, 0.3) is 0 Å². The van der Waals surface area contributed by atoms with Crippen LogP contribution in [0.1, 0.15) is 44.1 Å². The van der Waals surface area contributed by atoms with E-state index in [0.29, 0.717) is 18.0 Å². The van der Waals surface area contributed by atoms with Crippen LogP contribution in [0.4, 0.5) is 5.82 Å². The maximum atomic E-state index is 5.68. The first-order valence-electron chi connectivity index (χ1n) is 10.1. The molecular formula is C20H33ClN4O. The molecule has 146 valence electrons. The third kappa shape index (κ3) is 4.89. The first-order valence-corrected chi connectivity index (χ1v) is 10.1. The molecule has 3 unspecified atom stereocenters. The number of ether oxygens (including phenoxy) is 1. The van der Waals surface area contributed by atoms with Crippen LogP contribution in [0.25, 0.3) is 0 Å². The monoisotopic (exact) mass is 380 g/mol. The molecule has 0 bridgehead atoms. The van der Waals surface area contributed by atoms with Crippen LogP contribution in [0, 0.1) is 5.92 Å². The minimum Gasteiger partial charge on any atom is -0.379 e. The molecule has 1 aromatic heterocycles. The molecule has 3 heterocycles. The zero-order valence-electron chi connectivity index (χ0n) is 15.7. The highest BCUT2D eigenvalue weighted by Crippen LogP contribution is 2.30. The lowest BCUT2D eigenvalue weighted by atomic mass is 9.94. The molecule has 1 aliphatic carbocycles. The normalized spacial score (nSPS) is 29.4. The summed E-state index contributed by atoms with van der Waals surface area (Å²) in [6, 6.07) is 5.57. The van der Waals surface area contributed by atoms with Gasteiger partial charge in [0.05, 0.1) is 13.2 Å². The molecule has 0 amide bonds. The van der Waals surface area contributed by atoms with Crippen LogP contribution in [-0.2, 0) is 11.3 Å². The highest BCUT2D eigenvalue weighted by Gasteiger charge is 2.34. The van der Waals surface area contributed by atoms with E-state index in [4.69, 9.17) is 4.74 Å². The zero-order valence-corrected chi connectivity index (χ0v) is 16.5. The Morgan fingerprint density at radius 2 is 2.08 bits per heavy atom. The van der Waals surface area contributed by atoms with E-state index in [2.05, 4.69) is 32.7 Å². The Morgan fingerprint density at radius 1 is 1.19 bits per heavy atom. The predicted molar refractivity (Wildman–Crippen MR) is 108 cm³/mol. The SMILES string of the molecule is Cl.c1cc(CNC2CCCC2C2COCCN2)cc(N2CCCCC2)n1. The molecule has 6 heteroatoms. The van der Waals surface area contributed by atoms with E-state index < -0.39 is 0 Å². The molecule has 0 aromatic carbocycles. The molecule has 0 spiro atoms. The summed E-state index contributed by atoms with van der Waals surface area (Å²) >= 11 is 0. The van der Waals surface area contributed by atoms with Crippen LogP contribution >= 0.6 is 12.4 Å². The Kier molecular flexibility index (Phi) is 7.55. The van der Waals surface area contributed by atoms with Crippen molar-refractivity contribution < 1.29 is 4.74 Å². The van der Waals surface area contributed by atoms with E-state index in [1.165, 1.54) is 44.1 Å². The molecule has 2 saturated heterocycles. The first-order chi connectivity index (χ1) is 12.4. The van der Waals surface area contributed by atoms with Crippen LogP contribution < -0.4 is 15.5 Å². The second-order valence-corrected chi connectivity index (χ2v) is 7.79. The summed E-state index contributed by atoms with van der Waals surface area (Å²) in [6.07, 6.45) is 9.86. The summed E-state index contributed by atoms with van der Waals surface area (Å²) in [7, 11) is 0. The minimum atomic E-state index is 0. The molecule has 2 N–H and O–H groups in total. The standard InChI is InChI=1S/C20H32N4O.ClH/c1-2-10-24(11-3-1)20-13-16(7-8-22-20)14-23-18-6-4-5-17(18)19-15-25-12-9-21-19;/h7-8,13,17-19,21,23H,1-6,9-12,14-15H2;1H. The van der Waals surface area contributed by atoms with E-state index in [9.17, 15) is 0 Å². The van der Waals surface area contributed by atoms with Gasteiger partial charge in [0.1, 0.15) is 5.82 Å². The quantitative estimate of drug-likeness (QED) is 0.822. The molecule has 1 saturated carbocycles. The molecule has 3 atom stereocenters. The molecule has 2 aliphatic heterocycles. The summed E-state index contributed by atoms with van der Waals surface area (Å²) in [6.45, 7) is 5.98. The largest absolute Gasteiger partial charge is 0.379 e. The maximum absolute atomic E-state index is 5.68. The fourth-order valence-corrected chi connectivity index (χ4v) is 4.70. The number of piperidine rings is 1. The Balaban J connectivity index is 0.00000196. The van der Waals surface area contributed by atoms with Crippen LogP contribution in [0.2, 0.25) is 0 Å². The van der Waals surface area contributed by atoms with Gasteiger partial charge >= 0.3 is 0 Å². The van der Waals surface area contributed by atoms with Gasteiger partial charge in [0.15, 0.2) is 0 Å². The molecule has 26 heavy (non-hydrogen) atoms. The lowest BCUT2D eigenvalue weighted by Gasteiger charge is -2.33. The van der Waals surface area contributed by atoms with Crippen molar-refractivity contribution in [2.75, 3.05) is 37.7 Å². The summed E-state index contributed by atoms with van der Waals surface area (Å²) in [5, 5.41) is 7.49. The van der Waals surface area contributed by atoms with Crippen molar-refractivity contribution in [3.05, 3.63) is 23.9 Å². The average molecular weight is 381 g/mol. The summed E-state index contributed by atoms with van der Waals surface area (Å²) < 4.78 is 5.68. The minimum absolute atomic E-state index is 0. The van der Waals surface area contributed by atoms with Crippen molar-refractivity contribution >= 4 is 18.2 Å². The topological polar surface area (TPSA) is 49.4 Å². The maximum Gasteiger partial charge on any atom is 0.128 e. The van der Waals surface area contributed by atoms with Crippen molar-refractivity contribution in [1.29, 1.82) is 0 Å². The van der Waals surface area contributed by atoms with Crippen molar-refractivity contribution in [2.45, 2.75) is 57.2 Å². The van der Waals surface area contributed by atoms with Gasteiger partial charge in [-0.25, -0.2) is 4.98 Å². The fourth-order valence-electron chi connectivity index (χ4n) is 4.70. The highest BCUT2D eigenvalue weighted by molar-refractivity contribution is 5.85. The van der Waals surface area contributed by atoms with Crippen molar-refractivity contribution in [1.82, 2.24) is 15.6 Å². The van der Waals surface area contributed by atoms with E-state index >= 15 is 0 Å². The number of morpholine rings is 1. The van der Waals surface area contributed by atoms with E-state index in [0.717, 1.165) is 45.2 Å². The van der Waals surface area contributed by atoms with Crippen LogP contribution in [-0.4, -0.2) is 49.9 Å².